The van der Waals surface area contributed by atoms with Gasteiger partial charge in [-0.2, -0.15) is 0 Å². The Morgan fingerprint density at radius 1 is 1.00 bits per heavy atom. The Balaban J connectivity index is 2.10. The zero-order valence-electron chi connectivity index (χ0n) is 11.2. The molecule has 0 radical (unpaired) electrons. The van der Waals surface area contributed by atoms with Gasteiger partial charge in [-0.25, -0.2) is 9.59 Å². The Morgan fingerprint density at radius 3 is 2.32 bits per heavy atom. The van der Waals surface area contributed by atoms with E-state index in [1.807, 2.05) is 0 Å². The second-order valence-electron chi connectivity index (χ2n) is 4.27. The summed E-state index contributed by atoms with van der Waals surface area (Å²) in [6, 6.07) is 11.3. The number of halogens is 1. The quantitative estimate of drug-likeness (QED) is 0.810. The molecule has 0 fully saturated rings. The lowest BCUT2D eigenvalue weighted by atomic mass is 10.2. The van der Waals surface area contributed by atoms with Crippen LogP contribution in [-0.4, -0.2) is 23.0 Å². The third-order valence-corrected chi connectivity index (χ3v) is 2.96. The second kappa shape index (κ2) is 6.73. The maximum atomic E-state index is 11.8. The van der Waals surface area contributed by atoms with Crippen LogP contribution < -0.4 is 10.6 Å². The van der Waals surface area contributed by atoms with Crippen molar-refractivity contribution in [1.82, 2.24) is 5.32 Å². The van der Waals surface area contributed by atoms with Crippen LogP contribution in [0.3, 0.4) is 0 Å². The number of aromatic carboxylic acids is 1. The molecule has 2 aromatic carbocycles. The smallest absolute Gasteiger partial charge is 0.337 e. The lowest BCUT2D eigenvalue weighted by Gasteiger charge is -2.09. The Bertz CT molecular complexity index is 732. The van der Waals surface area contributed by atoms with Crippen molar-refractivity contribution in [2.24, 2.45) is 0 Å². The van der Waals surface area contributed by atoms with Crippen LogP contribution in [0, 0.1) is 0 Å². The fraction of sp³-hybridized carbons (Fsp3) is 0. The van der Waals surface area contributed by atoms with Crippen LogP contribution in [0.1, 0.15) is 20.7 Å². The molecule has 2 rings (SSSR count). The first-order chi connectivity index (χ1) is 10.5. The zero-order valence-corrected chi connectivity index (χ0v) is 11.9. The van der Waals surface area contributed by atoms with Crippen molar-refractivity contribution >= 4 is 35.2 Å². The summed E-state index contributed by atoms with van der Waals surface area (Å²) in [5.74, 6) is -1.84. The summed E-state index contributed by atoms with van der Waals surface area (Å²) < 4.78 is 0. The number of imide groups is 1. The van der Waals surface area contributed by atoms with Gasteiger partial charge in [0.05, 0.1) is 11.3 Å². The van der Waals surface area contributed by atoms with Gasteiger partial charge in [0, 0.05) is 10.6 Å². The summed E-state index contributed by atoms with van der Waals surface area (Å²) in [5.41, 5.74) is 0.178. The number of anilines is 1. The van der Waals surface area contributed by atoms with Gasteiger partial charge in [-0.15, -0.1) is 0 Å². The summed E-state index contributed by atoms with van der Waals surface area (Å²) >= 11 is 5.72. The number of urea groups is 1. The SMILES string of the molecule is O=C(NC(=O)c1ccccc1)Nc1ccc(Cl)cc1C(=O)O. The minimum atomic E-state index is -1.24. The molecular formula is C15H11ClN2O4. The Hall–Kier alpha value is -2.86. The first kappa shape index (κ1) is 15.5. The van der Waals surface area contributed by atoms with E-state index in [1.165, 1.54) is 18.2 Å². The van der Waals surface area contributed by atoms with Crippen molar-refractivity contribution < 1.29 is 19.5 Å². The van der Waals surface area contributed by atoms with Gasteiger partial charge in [0.15, 0.2) is 0 Å². The van der Waals surface area contributed by atoms with Crippen molar-refractivity contribution in [3.63, 3.8) is 0 Å². The van der Waals surface area contributed by atoms with Crippen molar-refractivity contribution in [1.29, 1.82) is 0 Å². The van der Waals surface area contributed by atoms with Gasteiger partial charge in [-0.1, -0.05) is 29.8 Å². The maximum absolute atomic E-state index is 11.8. The molecule has 0 saturated heterocycles. The molecule has 3 amide bonds. The van der Waals surface area contributed by atoms with E-state index in [1.54, 1.807) is 30.3 Å². The van der Waals surface area contributed by atoms with Crippen LogP contribution >= 0.6 is 11.6 Å². The van der Waals surface area contributed by atoms with E-state index in [9.17, 15) is 14.4 Å². The molecule has 0 aromatic heterocycles. The fourth-order valence-corrected chi connectivity index (χ4v) is 1.89. The highest BCUT2D eigenvalue weighted by Crippen LogP contribution is 2.20. The van der Waals surface area contributed by atoms with Gasteiger partial charge >= 0.3 is 12.0 Å². The topological polar surface area (TPSA) is 95.5 Å². The molecule has 0 heterocycles. The standard InChI is InChI=1S/C15H11ClN2O4/c16-10-6-7-12(11(8-10)14(20)21)17-15(22)18-13(19)9-4-2-1-3-5-9/h1-8H,(H,20,21)(H2,17,18,19,22). The molecule has 0 aliphatic carbocycles. The van der Waals surface area contributed by atoms with Crippen molar-refractivity contribution in [3.8, 4) is 0 Å². The van der Waals surface area contributed by atoms with Crippen molar-refractivity contribution in [2.45, 2.75) is 0 Å². The lowest BCUT2D eigenvalue weighted by molar-refractivity contribution is 0.0698. The highest BCUT2D eigenvalue weighted by Gasteiger charge is 2.15. The molecule has 2 aromatic rings. The second-order valence-corrected chi connectivity index (χ2v) is 4.71. The van der Waals surface area contributed by atoms with E-state index in [0.717, 1.165) is 0 Å². The number of carboxylic acid groups (broad SMARTS) is 1. The normalized spacial score (nSPS) is 9.86. The van der Waals surface area contributed by atoms with E-state index in [4.69, 9.17) is 16.7 Å². The summed E-state index contributed by atoms with van der Waals surface area (Å²) in [4.78, 5) is 34.7. The van der Waals surface area contributed by atoms with Gasteiger partial charge in [0.1, 0.15) is 0 Å². The molecule has 112 valence electrons. The van der Waals surface area contributed by atoms with Crippen molar-refractivity contribution in [3.05, 3.63) is 64.7 Å². The Kier molecular flexibility index (Phi) is 4.75. The van der Waals surface area contributed by atoms with E-state index in [0.29, 0.717) is 5.56 Å². The molecule has 7 heteroatoms. The largest absolute Gasteiger partial charge is 0.478 e. The van der Waals surface area contributed by atoms with Gasteiger partial charge in [-0.3, -0.25) is 10.1 Å². The number of hydrogen-bond donors (Lipinski definition) is 3. The third kappa shape index (κ3) is 3.83. The van der Waals surface area contributed by atoms with E-state index in [2.05, 4.69) is 10.6 Å². The van der Waals surface area contributed by atoms with Crippen LogP contribution in [0.15, 0.2) is 48.5 Å². The first-order valence-corrected chi connectivity index (χ1v) is 6.55. The molecule has 0 atom stereocenters. The number of carbonyl (C=O) groups is 3. The molecule has 0 bridgehead atoms. The third-order valence-electron chi connectivity index (χ3n) is 2.72. The Labute approximate surface area is 130 Å². The van der Waals surface area contributed by atoms with Gasteiger partial charge < -0.3 is 10.4 Å². The highest BCUT2D eigenvalue weighted by atomic mass is 35.5. The monoisotopic (exact) mass is 318 g/mol. The van der Waals surface area contributed by atoms with E-state index in [-0.39, 0.29) is 16.3 Å². The number of amides is 3. The van der Waals surface area contributed by atoms with Crippen LogP contribution in [0.4, 0.5) is 10.5 Å². The minimum Gasteiger partial charge on any atom is -0.478 e. The lowest BCUT2D eigenvalue weighted by Crippen LogP contribution is -2.34. The fourth-order valence-electron chi connectivity index (χ4n) is 1.72. The molecule has 6 nitrogen and oxygen atoms in total. The number of rotatable bonds is 3. The number of nitrogens with one attached hydrogen (secondary N) is 2. The van der Waals surface area contributed by atoms with Gasteiger partial charge in [0.2, 0.25) is 0 Å². The predicted molar refractivity (Wildman–Crippen MR) is 81.3 cm³/mol. The molecular weight excluding hydrogens is 308 g/mol. The van der Waals surface area contributed by atoms with Crippen LogP contribution in [0.25, 0.3) is 0 Å². The predicted octanol–water partition coefficient (Wildman–Crippen LogP) is 3.00. The van der Waals surface area contributed by atoms with E-state index >= 15 is 0 Å². The maximum Gasteiger partial charge on any atom is 0.337 e. The summed E-state index contributed by atoms with van der Waals surface area (Å²) in [6.07, 6.45) is 0. The number of hydrogen-bond acceptors (Lipinski definition) is 3. The average Bonchev–Trinajstić information content (AvgIpc) is 2.49. The highest BCUT2D eigenvalue weighted by molar-refractivity contribution is 6.31. The van der Waals surface area contributed by atoms with Crippen LogP contribution in [0.5, 0.6) is 0 Å². The van der Waals surface area contributed by atoms with Crippen molar-refractivity contribution in [2.75, 3.05) is 5.32 Å². The molecule has 0 aliphatic heterocycles. The molecule has 0 aliphatic rings. The zero-order chi connectivity index (χ0) is 16.1. The molecule has 22 heavy (non-hydrogen) atoms. The molecule has 0 spiro atoms. The van der Waals surface area contributed by atoms with E-state index < -0.39 is 17.9 Å². The summed E-state index contributed by atoms with van der Waals surface area (Å²) in [6.45, 7) is 0. The van der Waals surface area contributed by atoms with Crippen LogP contribution in [-0.2, 0) is 0 Å². The van der Waals surface area contributed by atoms with Gasteiger partial charge in [-0.05, 0) is 30.3 Å². The molecule has 0 saturated carbocycles. The number of carbonyl (C=O) groups excluding carboxylic acids is 2. The van der Waals surface area contributed by atoms with Crippen LogP contribution in [0.2, 0.25) is 5.02 Å². The summed E-state index contributed by atoms with van der Waals surface area (Å²) in [5, 5.41) is 13.7. The summed E-state index contributed by atoms with van der Waals surface area (Å²) in [7, 11) is 0. The average molecular weight is 319 g/mol. The van der Waals surface area contributed by atoms with Gasteiger partial charge in [0.25, 0.3) is 5.91 Å². The Morgan fingerprint density at radius 2 is 1.68 bits per heavy atom. The molecule has 0 unspecified atom stereocenters. The molecule has 3 N–H and O–H groups in total. The number of benzene rings is 2. The number of carboxylic acids is 1. The first-order valence-electron chi connectivity index (χ1n) is 6.17. The minimum absolute atomic E-state index is 0.0373.